The van der Waals surface area contributed by atoms with Gasteiger partial charge in [-0.05, 0) is 87.2 Å². The summed E-state index contributed by atoms with van der Waals surface area (Å²) in [6.07, 6.45) is 4.01. The molecule has 0 spiro atoms. The molecule has 7 nitrogen and oxygen atoms in total. The van der Waals surface area contributed by atoms with Gasteiger partial charge >= 0.3 is 0 Å². The quantitative estimate of drug-likeness (QED) is 0.147. The Balaban J connectivity index is 1.34. The minimum absolute atomic E-state index is 0.194. The van der Waals surface area contributed by atoms with E-state index in [9.17, 15) is 16.8 Å². The summed E-state index contributed by atoms with van der Waals surface area (Å²) in [7, 11) is -7.84. The van der Waals surface area contributed by atoms with Crippen LogP contribution in [0.2, 0.25) is 0 Å². The zero-order chi connectivity index (χ0) is 35.1. The van der Waals surface area contributed by atoms with E-state index in [1.54, 1.807) is 59.0 Å². The summed E-state index contributed by atoms with van der Waals surface area (Å²) in [5.74, 6) is 0. The number of nitrogens with zero attached hydrogens (tertiary/aromatic N) is 3. The fourth-order valence-electron chi connectivity index (χ4n) is 7.42. The van der Waals surface area contributed by atoms with E-state index in [4.69, 9.17) is 0 Å². The number of rotatable bonds is 10. The van der Waals surface area contributed by atoms with E-state index in [0.29, 0.717) is 31.6 Å². The number of hydrogen-bond acceptors (Lipinski definition) is 5. The second kappa shape index (κ2) is 13.2. The van der Waals surface area contributed by atoms with Crippen molar-refractivity contribution in [3.05, 3.63) is 167 Å². The van der Waals surface area contributed by atoms with Gasteiger partial charge in [0, 0.05) is 30.4 Å². The largest absolute Gasteiger partial charge is 0.349 e. The summed E-state index contributed by atoms with van der Waals surface area (Å²) in [4.78, 5) is 2.69. The number of anilines is 2. The number of fused-ring (bicyclic) bond motifs is 3. The topological polar surface area (TPSA) is 78.0 Å². The molecule has 0 amide bonds. The Morgan fingerprint density at radius 2 is 1.30 bits per heavy atom. The van der Waals surface area contributed by atoms with Gasteiger partial charge in [0.15, 0.2) is 0 Å². The van der Waals surface area contributed by atoms with Crippen LogP contribution in [0, 0.1) is 20.8 Å². The smallest absolute Gasteiger partial charge is 0.268 e. The lowest BCUT2D eigenvalue weighted by molar-refractivity contribution is 0.303. The van der Waals surface area contributed by atoms with E-state index in [1.807, 2.05) is 68.5 Å². The van der Waals surface area contributed by atoms with Gasteiger partial charge in [0.2, 0.25) is 10.0 Å². The van der Waals surface area contributed by atoms with E-state index < -0.39 is 31.6 Å². The normalized spacial score (nSPS) is 19.1. The fraction of sp³-hybridized carbons (Fsp3) is 0.220. The molecule has 7 rings (SSSR count). The van der Waals surface area contributed by atoms with Gasteiger partial charge in [-0.1, -0.05) is 108 Å². The number of allylic oxidation sites excluding steroid dienone is 1. The van der Waals surface area contributed by atoms with Gasteiger partial charge in [0.05, 0.1) is 15.5 Å². The van der Waals surface area contributed by atoms with Gasteiger partial charge in [-0.15, -0.1) is 0 Å². The van der Waals surface area contributed by atoms with Crippen molar-refractivity contribution in [2.24, 2.45) is 0 Å². The number of benzene rings is 5. The lowest BCUT2D eigenvalue weighted by Gasteiger charge is -2.37. The average Bonchev–Trinajstić information content (AvgIpc) is 3.61. The van der Waals surface area contributed by atoms with Gasteiger partial charge in [0.1, 0.15) is 6.17 Å². The first kappa shape index (κ1) is 33.8. The van der Waals surface area contributed by atoms with E-state index in [0.717, 1.165) is 33.5 Å². The second-order valence-electron chi connectivity index (χ2n) is 13.4. The Morgan fingerprint density at radius 1 is 0.720 bits per heavy atom. The van der Waals surface area contributed by atoms with E-state index in [1.165, 1.54) is 4.31 Å². The van der Waals surface area contributed by atoms with Crippen LogP contribution in [-0.2, 0) is 32.0 Å². The number of aryl methyl sites for hydroxylation is 3. The standard InChI is InChI=1S/C41H41N3O4S2/c1-31-15-20-36(21-16-31)49(45,46)43(35-13-8-5-9-14-35)27-10-25-41-26-28-44(50(47,48)37-22-17-32(2)18-23-37)40(41)42(30-34-11-6-4-7-12-34)39-24-19-33(3)29-38(39)41/h4-24,27,29,40H,25-26,28,30H2,1-3H3/b27-10-/t40-,41-/m0/s1. The van der Waals surface area contributed by atoms with Crippen LogP contribution in [0.25, 0.3) is 0 Å². The highest BCUT2D eigenvalue weighted by molar-refractivity contribution is 7.93. The number of hydrogen-bond donors (Lipinski definition) is 0. The van der Waals surface area contributed by atoms with Crippen molar-refractivity contribution < 1.29 is 16.8 Å². The van der Waals surface area contributed by atoms with Crippen LogP contribution in [0.1, 0.15) is 40.7 Å². The molecular formula is C41H41N3O4S2. The summed E-state index contributed by atoms with van der Waals surface area (Å²) >= 11 is 0. The van der Waals surface area contributed by atoms with Crippen LogP contribution in [-0.4, -0.2) is 33.9 Å². The highest BCUT2D eigenvalue weighted by Gasteiger charge is 2.59. The second-order valence-corrected chi connectivity index (χ2v) is 17.1. The van der Waals surface area contributed by atoms with E-state index >= 15 is 0 Å². The van der Waals surface area contributed by atoms with Crippen molar-refractivity contribution in [1.82, 2.24) is 4.31 Å². The molecule has 2 aliphatic heterocycles. The zero-order valence-electron chi connectivity index (χ0n) is 28.5. The molecule has 0 radical (unpaired) electrons. The molecule has 0 aliphatic carbocycles. The molecule has 0 N–H and O–H groups in total. The summed E-state index contributed by atoms with van der Waals surface area (Å²) in [6, 6.07) is 39.4. The van der Waals surface area contributed by atoms with Crippen LogP contribution in [0.15, 0.2) is 149 Å². The molecule has 1 fully saturated rings. The lowest BCUT2D eigenvalue weighted by Crippen LogP contribution is -2.51. The summed E-state index contributed by atoms with van der Waals surface area (Å²) in [6.45, 7) is 6.77. The van der Waals surface area contributed by atoms with Crippen molar-refractivity contribution in [3.63, 3.8) is 0 Å². The van der Waals surface area contributed by atoms with Crippen molar-refractivity contribution in [2.75, 3.05) is 15.7 Å². The maximum Gasteiger partial charge on any atom is 0.268 e. The third-order valence-electron chi connectivity index (χ3n) is 9.97. The first-order valence-corrected chi connectivity index (χ1v) is 19.7. The maximum atomic E-state index is 14.5. The molecule has 0 unspecified atom stereocenters. The van der Waals surface area contributed by atoms with E-state index in [-0.39, 0.29) is 9.79 Å². The van der Waals surface area contributed by atoms with E-state index in [2.05, 4.69) is 42.2 Å². The summed E-state index contributed by atoms with van der Waals surface area (Å²) < 4.78 is 60.3. The minimum Gasteiger partial charge on any atom is -0.349 e. The average molecular weight is 704 g/mol. The Hall–Kier alpha value is -4.70. The first-order valence-electron chi connectivity index (χ1n) is 16.8. The lowest BCUT2D eigenvalue weighted by atomic mass is 9.76. The van der Waals surface area contributed by atoms with Gasteiger partial charge in [-0.25, -0.2) is 21.1 Å². The summed E-state index contributed by atoms with van der Waals surface area (Å²) in [5, 5.41) is 0. The van der Waals surface area contributed by atoms with Crippen LogP contribution < -0.4 is 9.21 Å². The van der Waals surface area contributed by atoms with Crippen molar-refractivity contribution in [3.8, 4) is 0 Å². The van der Waals surface area contributed by atoms with Crippen LogP contribution in [0.5, 0.6) is 0 Å². The first-order chi connectivity index (χ1) is 24.0. The molecule has 2 atom stereocenters. The zero-order valence-corrected chi connectivity index (χ0v) is 30.1. The SMILES string of the molecule is Cc1ccc(S(=O)(=O)N(/C=C\C[C@@]23CCN(S(=O)(=O)c4ccc(C)cc4)[C@@H]2N(Cc2ccccc2)c2ccc(C)cc23)c2ccccc2)cc1. The fourth-order valence-corrected chi connectivity index (χ4v) is 10.4. The predicted molar refractivity (Wildman–Crippen MR) is 200 cm³/mol. The molecule has 0 saturated carbocycles. The predicted octanol–water partition coefficient (Wildman–Crippen LogP) is 8.09. The Labute approximate surface area is 296 Å². The summed E-state index contributed by atoms with van der Waals surface area (Å²) in [5.41, 5.74) is 6.07. The molecule has 0 bridgehead atoms. The van der Waals surface area contributed by atoms with Gasteiger partial charge in [-0.2, -0.15) is 4.31 Å². The monoisotopic (exact) mass is 703 g/mol. The van der Waals surface area contributed by atoms with Gasteiger partial charge in [-0.3, -0.25) is 0 Å². The Kier molecular flexibility index (Phi) is 8.92. The highest BCUT2D eigenvalue weighted by Crippen LogP contribution is 2.56. The van der Waals surface area contributed by atoms with Crippen LogP contribution >= 0.6 is 0 Å². The van der Waals surface area contributed by atoms with Gasteiger partial charge in [0.25, 0.3) is 10.0 Å². The van der Waals surface area contributed by atoms with Crippen molar-refractivity contribution >= 4 is 31.4 Å². The molecule has 50 heavy (non-hydrogen) atoms. The third-order valence-corrected chi connectivity index (χ3v) is 13.6. The number of para-hydroxylation sites is 1. The van der Waals surface area contributed by atoms with Crippen LogP contribution in [0.3, 0.4) is 0 Å². The molecule has 256 valence electrons. The van der Waals surface area contributed by atoms with Crippen molar-refractivity contribution in [1.29, 1.82) is 0 Å². The molecule has 9 heteroatoms. The molecule has 0 aromatic heterocycles. The van der Waals surface area contributed by atoms with Crippen LogP contribution in [0.4, 0.5) is 11.4 Å². The Morgan fingerprint density at radius 3 is 1.94 bits per heavy atom. The minimum atomic E-state index is -3.95. The Bertz CT molecular complexity index is 2240. The molecule has 5 aromatic carbocycles. The highest BCUT2D eigenvalue weighted by atomic mass is 32.2. The molecular weight excluding hydrogens is 663 g/mol. The number of sulfonamides is 2. The molecule has 5 aromatic rings. The maximum absolute atomic E-state index is 14.5. The third kappa shape index (κ3) is 6.04. The molecule has 1 saturated heterocycles. The van der Waals surface area contributed by atoms with Gasteiger partial charge < -0.3 is 4.90 Å². The molecule has 2 heterocycles. The molecule has 2 aliphatic rings. The van der Waals surface area contributed by atoms with Crippen molar-refractivity contribution in [2.45, 2.75) is 61.5 Å².